The first kappa shape index (κ1) is 16.5. The highest BCUT2D eigenvalue weighted by Gasteiger charge is 2.27. The quantitative estimate of drug-likeness (QED) is 0.641. The average Bonchev–Trinajstić information content (AvgIpc) is 2.83. The van der Waals surface area contributed by atoms with Gasteiger partial charge in [0.25, 0.3) is 0 Å². The number of rotatable bonds is 5. The highest BCUT2D eigenvalue weighted by Crippen LogP contribution is 2.35. The Morgan fingerprint density at radius 3 is 2.57 bits per heavy atom. The van der Waals surface area contributed by atoms with Crippen LogP contribution in [0.3, 0.4) is 0 Å². The van der Waals surface area contributed by atoms with Gasteiger partial charge in [0.15, 0.2) is 0 Å². The zero-order valence-electron chi connectivity index (χ0n) is 11.1. The standard InChI is InChI=1S/C14H13ClF3NS2/c1-9(11-6-7-13(15)21-11)19-10-4-2-3-5-12(10)20-8-14(16,17)18/h2-7,9,19H,8H2,1H3. The second-order valence-corrected chi connectivity index (χ2v) is 7.17. The van der Waals surface area contributed by atoms with Crippen LogP contribution in [0.1, 0.15) is 17.8 Å². The van der Waals surface area contributed by atoms with Crippen LogP contribution in [0.15, 0.2) is 41.3 Å². The number of hydrogen-bond donors (Lipinski definition) is 1. The van der Waals surface area contributed by atoms with Gasteiger partial charge in [0, 0.05) is 15.5 Å². The van der Waals surface area contributed by atoms with Crippen LogP contribution in [-0.4, -0.2) is 11.9 Å². The molecule has 1 aromatic carbocycles. The number of para-hydroxylation sites is 1. The third-order valence-electron chi connectivity index (χ3n) is 2.67. The van der Waals surface area contributed by atoms with E-state index in [9.17, 15) is 13.2 Å². The van der Waals surface area contributed by atoms with Gasteiger partial charge in [0.05, 0.1) is 16.1 Å². The molecule has 0 fully saturated rings. The van der Waals surface area contributed by atoms with Crippen molar-refractivity contribution in [2.24, 2.45) is 0 Å². The maximum Gasteiger partial charge on any atom is 0.398 e. The summed E-state index contributed by atoms with van der Waals surface area (Å²) in [6, 6.07) is 10.7. The Balaban J connectivity index is 2.09. The maximum atomic E-state index is 12.3. The molecule has 0 aliphatic rings. The average molecular weight is 352 g/mol. The number of anilines is 1. The van der Waals surface area contributed by atoms with Crippen LogP contribution in [0.25, 0.3) is 0 Å². The largest absolute Gasteiger partial charge is 0.398 e. The van der Waals surface area contributed by atoms with Crippen molar-refractivity contribution in [2.45, 2.75) is 24.0 Å². The smallest absolute Gasteiger partial charge is 0.377 e. The molecule has 7 heteroatoms. The van der Waals surface area contributed by atoms with Gasteiger partial charge in [-0.1, -0.05) is 23.7 Å². The van der Waals surface area contributed by atoms with E-state index in [2.05, 4.69) is 5.32 Å². The summed E-state index contributed by atoms with van der Waals surface area (Å²) in [6.45, 7) is 1.95. The SMILES string of the molecule is CC(Nc1ccccc1SCC(F)(F)F)c1ccc(Cl)s1. The van der Waals surface area contributed by atoms with Crippen molar-refractivity contribution in [3.63, 3.8) is 0 Å². The molecule has 0 aliphatic heterocycles. The molecule has 1 unspecified atom stereocenters. The third kappa shape index (κ3) is 5.13. The molecule has 0 aliphatic carbocycles. The lowest BCUT2D eigenvalue weighted by molar-refractivity contribution is -0.105. The number of alkyl halides is 3. The lowest BCUT2D eigenvalue weighted by atomic mass is 10.2. The fourth-order valence-corrected chi connectivity index (χ4v) is 3.58. The van der Waals surface area contributed by atoms with Gasteiger partial charge in [-0.2, -0.15) is 13.2 Å². The Hall–Kier alpha value is -0.850. The van der Waals surface area contributed by atoms with Gasteiger partial charge in [-0.3, -0.25) is 0 Å². The minimum absolute atomic E-state index is 0.0184. The fourth-order valence-electron chi connectivity index (χ4n) is 1.74. The van der Waals surface area contributed by atoms with Crippen LogP contribution in [0.2, 0.25) is 4.34 Å². The normalized spacial score (nSPS) is 13.2. The van der Waals surface area contributed by atoms with Crippen molar-refractivity contribution in [3.8, 4) is 0 Å². The summed E-state index contributed by atoms with van der Waals surface area (Å²) in [6.07, 6.45) is -4.18. The first-order valence-corrected chi connectivity index (χ1v) is 8.33. The number of nitrogens with one attached hydrogen (secondary N) is 1. The van der Waals surface area contributed by atoms with Crippen molar-refractivity contribution in [1.82, 2.24) is 0 Å². The molecule has 1 heterocycles. The minimum Gasteiger partial charge on any atom is -0.377 e. The topological polar surface area (TPSA) is 12.0 Å². The Labute approximate surface area is 134 Å². The molecule has 21 heavy (non-hydrogen) atoms. The molecule has 1 N–H and O–H groups in total. The van der Waals surface area contributed by atoms with Crippen molar-refractivity contribution >= 4 is 40.4 Å². The van der Waals surface area contributed by atoms with Gasteiger partial charge in [-0.15, -0.1) is 23.1 Å². The maximum absolute atomic E-state index is 12.3. The molecular formula is C14H13ClF3NS2. The summed E-state index contributed by atoms with van der Waals surface area (Å²) in [5, 5.41) is 3.24. The van der Waals surface area contributed by atoms with Crippen molar-refractivity contribution in [3.05, 3.63) is 45.6 Å². The number of thiophene rings is 1. The summed E-state index contributed by atoms with van der Waals surface area (Å²) >= 11 is 8.14. The Morgan fingerprint density at radius 1 is 1.24 bits per heavy atom. The summed E-state index contributed by atoms with van der Waals surface area (Å²) in [5.41, 5.74) is 0.698. The van der Waals surface area contributed by atoms with E-state index in [1.807, 2.05) is 19.1 Å². The summed E-state index contributed by atoms with van der Waals surface area (Å²) in [7, 11) is 0. The Morgan fingerprint density at radius 2 is 1.95 bits per heavy atom. The number of thioether (sulfide) groups is 1. The van der Waals surface area contributed by atoms with Gasteiger partial charge >= 0.3 is 6.18 Å². The van der Waals surface area contributed by atoms with E-state index >= 15 is 0 Å². The van der Waals surface area contributed by atoms with Crippen LogP contribution in [0.5, 0.6) is 0 Å². The summed E-state index contributed by atoms with van der Waals surface area (Å²) < 4.78 is 37.7. The minimum atomic E-state index is -4.18. The Kier molecular flexibility index (Phi) is 5.46. The molecule has 114 valence electrons. The zero-order valence-corrected chi connectivity index (χ0v) is 13.5. The van der Waals surface area contributed by atoms with Gasteiger partial charge in [0.2, 0.25) is 0 Å². The molecule has 0 bridgehead atoms. The predicted octanol–water partition coefficient (Wildman–Crippen LogP) is 6.23. The van der Waals surface area contributed by atoms with Crippen LogP contribution in [0.4, 0.5) is 18.9 Å². The molecule has 0 saturated heterocycles. The molecule has 2 aromatic rings. The van der Waals surface area contributed by atoms with Gasteiger partial charge in [-0.25, -0.2) is 0 Å². The second kappa shape index (κ2) is 6.94. The number of hydrogen-bond acceptors (Lipinski definition) is 3. The fraction of sp³-hybridized carbons (Fsp3) is 0.286. The van der Waals surface area contributed by atoms with Crippen LogP contribution in [0, 0.1) is 0 Å². The summed E-state index contributed by atoms with van der Waals surface area (Å²) in [4.78, 5) is 1.62. The Bertz CT molecular complexity index is 598. The predicted molar refractivity (Wildman–Crippen MR) is 84.6 cm³/mol. The molecule has 0 amide bonds. The molecular weight excluding hydrogens is 339 g/mol. The van der Waals surface area contributed by atoms with Gasteiger partial charge < -0.3 is 5.32 Å². The highest BCUT2D eigenvalue weighted by molar-refractivity contribution is 7.99. The monoisotopic (exact) mass is 351 g/mol. The molecule has 0 radical (unpaired) electrons. The van der Waals surface area contributed by atoms with E-state index in [0.29, 0.717) is 14.9 Å². The van der Waals surface area contributed by atoms with Crippen molar-refractivity contribution in [1.29, 1.82) is 0 Å². The molecule has 1 nitrogen and oxygen atoms in total. The number of benzene rings is 1. The zero-order chi connectivity index (χ0) is 15.5. The first-order chi connectivity index (χ1) is 9.85. The van der Waals surface area contributed by atoms with Crippen molar-refractivity contribution in [2.75, 3.05) is 11.1 Å². The van der Waals surface area contributed by atoms with E-state index in [0.717, 1.165) is 16.6 Å². The van der Waals surface area contributed by atoms with E-state index < -0.39 is 11.9 Å². The van der Waals surface area contributed by atoms with E-state index in [1.165, 1.54) is 11.3 Å². The molecule has 0 saturated carbocycles. The van der Waals surface area contributed by atoms with E-state index in [4.69, 9.17) is 11.6 Å². The van der Waals surface area contributed by atoms with E-state index in [-0.39, 0.29) is 6.04 Å². The highest BCUT2D eigenvalue weighted by atomic mass is 35.5. The van der Waals surface area contributed by atoms with Crippen molar-refractivity contribution < 1.29 is 13.2 Å². The number of halogens is 4. The van der Waals surface area contributed by atoms with Crippen LogP contribution in [-0.2, 0) is 0 Å². The lowest BCUT2D eigenvalue weighted by Gasteiger charge is -2.17. The molecule has 0 spiro atoms. The lowest BCUT2D eigenvalue weighted by Crippen LogP contribution is -2.11. The van der Waals surface area contributed by atoms with E-state index in [1.54, 1.807) is 24.3 Å². The van der Waals surface area contributed by atoms with Crippen LogP contribution >= 0.6 is 34.7 Å². The molecule has 1 aromatic heterocycles. The van der Waals surface area contributed by atoms with Gasteiger partial charge in [0.1, 0.15) is 0 Å². The van der Waals surface area contributed by atoms with Gasteiger partial charge in [-0.05, 0) is 31.2 Å². The van der Waals surface area contributed by atoms with Crippen LogP contribution < -0.4 is 5.32 Å². The second-order valence-electron chi connectivity index (χ2n) is 4.41. The molecule has 2 rings (SSSR count). The summed E-state index contributed by atoms with van der Waals surface area (Å²) in [5.74, 6) is -0.898. The third-order valence-corrected chi connectivity index (χ3v) is 5.22. The molecule has 1 atom stereocenters. The first-order valence-electron chi connectivity index (χ1n) is 6.15.